The summed E-state index contributed by atoms with van der Waals surface area (Å²) < 4.78 is 22.4. The molecule has 0 aliphatic carbocycles. The van der Waals surface area contributed by atoms with Crippen molar-refractivity contribution in [3.63, 3.8) is 0 Å². The first-order valence-electron chi connectivity index (χ1n) is 6.04. The van der Waals surface area contributed by atoms with Gasteiger partial charge in [-0.25, -0.2) is 18.4 Å². The molecule has 1 rings (SSSR count). The third-order valence-corrected chi connectivity index (χ3v) is 3.72. The number of benzene rings is 1. The molecule has 0 aromatic heterocycles. The van der Waals surface area contributed by atoms with Crippen molar-refractivity contribution >= 4 is 21.7 Å². The summed E-state index contributed by atoms with van der Waals surface area (Å²) in [4.78, 5) is 11.5. The smallest absolute Gasteiger partial charge is 0.319 e. The Labute approximate surface area is 118 Å². The highest BCUT2D eigenvalue weighted by molar-refractivity contribution is 7.89. The van der Waals surface area contributed by atoms with Crippen LogP contribution in [-0.2, 0) is 10.0 Å². The summed E-state index contributed by atoms with van der Waals surface area (Å²) >= 11 is 0. The molecule has 1 aromatic rings. The van der Waals surface area contributed by atoms with Crippen molar-refractivity contribution in [2.45, 2.75) is 30.8 Å². The molecule has 0 saturated heterocycles. The lowest BCUT2D eigenvalue weighted by Gasteiger charge is -2.21. The van der Waals surface area contributed by atoms with Crippen LogP contribution in [0, 0.1) is 0 Å². The van der Waals surface area contributed by atoms with Gasteiger partial charge in [0.15, 0.2) is 0 Å². The fraction of sp³-hybridized carbons (Fsp3) is 0.417. The molecule has 1 unspecified atom stereocenters. The third-order valence-electron chi connectivity index (χ3n) is 2.81. The van der Waals surface area contributed by atoms with Gasteiger partial charge < -0.3 is 15.7 Å². The normalized spacial score (nSPS) is 14.4. The van der Waals surface area contributed by atoms with Crippen LogP contribution in [0.3, 0.4) is 0 Å². The number of hydrogen-bond acceptors (Lipinski definition) is 4. The van der Waals surface area contributed by atoms with Gasteiger partial charge in [0.25, 0.3) is 0 Å². The van der Waals surface area contributed by atoms with E-state index in [1.807, 2.05) is 0 Å². The molecule has 20 heavy (non-hydrogen) atoms. The van der Waals surface area contributed by atoms with Gasteiger partial charge in [-0.1, -0.05) is 13.0 Å². The van der Waals surface area contributed by atoms with Crippen LogP contribution in [0.4, 0.5) is 10.5 Å². The van der Waals surface area contributed by atoms with E-state index in [9.17, 15) is 18.3 Å². The molecule has 2 amide bonds. The second-order valence-electron chi connectivity index (χ2n) is 4.73. The van der Waals surface area contributed by atoms with Gasteiger partial charge in [-0.05, 0) is 31.5 Å². The number of amides is 2. The zero-order chi connectivity index (χ0) is 15.4. The van der Waals surface area contributed by atoms with Gasteiger partial charge in [-0.15, -0.1) is 0 Å². The number of nitrogens with two attached hydrogens (primary N) is 1. The van der Waals surface area contributed by atoms with E-state index in [2.05, 4.69) is 10.6 Å². The van der Waals surface area contributed by atoms with Crippen LogP contribution in [0.5, 0.6) is 0 Å². The lowest BCUT2D eigenvalue weighted by Crippen LogP contribution is -2.41. The fourth-order valence-electron chi connectivity index (χ4n) is 1.32. The number of carbonyl (C=O) groups is 1. The van der Waals surface area contributed by atoms with Crippen LogP contribution in [0.2, 0.25) is 0 Å². The van der Waals surface area contributed by atoms with E-state index >= 15 is 0 Å². The van der Waals surface area contributed by atoms with Crippen molar-refractivity contribution < 1.29 is 18.3 Å². The third kappa shape index (κ3) is 5.16. The molecule has 0 bridgehead atoms. The van der Waals surface area contributed by atoms with E-state index in [4.69, 9.17) is 5.14 Å². The zero-order valence-corrected chi connectivity index (χ0v) is 12.2. The number of aliphatic hydroxyl groups is 1. The molecule has 1 atom stereocenters. The Hall–Kier alpha value is -1.64. The Morgan fingerprint density at radius 2 is 2.10 bits per heavy atom. The minimum atomic E-state index is -3.81. The van der Waals surface area contributed by atoms with Gasteiger partial charge in [-0.2, -0.15) is 0 Å². The average molecular weight is 301 g/mol. The first-order valence-corrected chi connectivity index (χ1v) is 7.59. The van der Waals surface area contributed by atoms with Gasteiger partial charge in [0.1, 0.15) is 0 Å². The highest BCUT2D eigenvalue weighted by Crippen LogP contribution is 2.14. The Balaban J connectivity index is 2.68. The van der Waals surface area contributed by atoms with E-state index in [1.54, 1.807) is 13.8 Å². The molecule has 0 saturated carbocycles. The predicted molar refractivity (Wildman–Crippen MR) is 75.8 cm³/mol. The summed E-state index contributed by atoms with van der Waals surface area (Å²) in [5.41, 5.74) is -0.690. The van der Waals surface area contributed by atoms with E-state index in [1.165, 1.54) is 24.3 Å². The van der Waals surface area contributed by atoms with Gasteiger partial charge >= 0.3 is 6.03 Å². The van der Waals surface area contributed by atoms with Gasteiger partial charge in [0, 0.05) is 12.2 Å². The SMILES string of the molecule is CCC(C)(O)CNC(=O)Nc1cccc(S(N)(=O)=O)c1. The summed E-state index contributed by atoms with van der Waals surface area (Å²) in [6.07, 6.45) is 0.494. The molecule has 0 fully saturated rings. The number of primary sulfonamides is 1. The number of urea groups is 1. The monoisotopic (exact) mass is 301 g/mol. The number of anilines is 1. The maximum atomic E-state index is 11.6. The quantitative estimate of drug-likeness (QED) is 0.636. The van der Waals surface area contributed by atoms with Crippen molar-refractivity contribution in [1.29, 1.82) is 0 Å². The number of nitrogens with one attached hydrogen (secondary N) is 2. The van der Waals surface area contributed by atoms with E-state index in [-0.39, 0.29) is 11.4 Å². The van der Waals surface area contributed by atoms with Crippen molar-refractivity contribution in [2.24, 2.45) is 5.14 Å². The lowest BCUT2D eigenvalue weighted by atomic mass is 10.0. The second kappa shape index (κ2) is 6.21. The summed E-state index contributed by atoms with van der Waals surface area (Å²) in [5, 5.41) is 19.7. The van der Waals surface area contributed by atoms with Crippen molar-refractivity contribution in [1.82, 2.24) is 5.32 Å². The topological polar surface area (TPSA) is 122 Å². The molecule has 112 valence electrons. The van der Waals surface area contributed by atoms with E-state index < -0.39 is 21.7 Å². The number of sulfonamides is 1. The van der Waals surface area contributed by atoms with Crippen LogP contribution in [0.25, 0.3) is 0 Å². The summed E-state index contributed by atoms with van der Waals surface area (Å²) in [6.45, 7) is 3.49. The first-order chi connectivity index (χ1) is 9.14. The molecule has 0 aliphatic heterocycles. The first kappa shape index (κ1) is 16.4. The molecule has 0 aliphatic rings. The molecule has 8 heteroatoms. The zero-order valence-electron chi connectivity index (χ0n) is 11.4. The van der Waals surface area contributed by atoms with Crippen LogP contribution in [-0.4, -0.2) is 31.7 Å². The standard InChI is InChI=1S/C12H19N3O4S/c1-3-12(2,17)8-14-11(16)15-9-5-4-6-10(7-9)20(13,18)19/h4-7,17H,3,8H2,1-2H3,(H2,13,18,19)(H2,14,15,16). The highest BCUT2D eigenvalue weighted by Gasteiger charge is 2.18. The highest BCUT2D eigenvalue weighted by atomic mass is 32.2. The van der Waals surface area contributed by atoms with Crippen LogP contribution in [0.1, 0.15) is 20.3 Å². The molecule has 0 spiro atoms. The Bertz CT molecular complexity index is 584. The lowest BCUT2D eigenvalue weighted by molar-refractivity contribution is 0.0587. The number of hydrogen-bond donors (Lipinski definition) is 4. The molecule has 0 heterocycles. The van der Waals surface area contributed by atoms with Crippen molar-refractivity contribution in [2.75, 3.05) is 11.9 Å². The summed E-state index contributed by atoms with van der Waals surface area (Å²) in [5.74, 6) is 0. The number of carbonyl (C=O) groups excluding carboxylic acids is 1. The maximum absolute atomic E-state index is 11.6. The minimum absolute atomic E-state index is 0.0872. The van der Waals surface area contributed by atoms with Gasteiger partial charge in [0.05, 0.1) is 10.5 Å². The van der Waals surface area contributed by atoms with Crippen LogP contribution >= 0.6 is 0 Å². The molecule has 5 N–H and O–H groups in total. The predicted octanol–water partition coefficient (Wildman–Crippen LogP) is 0.617. The van der Waals surface area contributed by atoms with Gasteiger partial charge in [0.2, 0.25) is 10.0 Å². The Morgan fingerprint density at radius 3 is 2.65 bits per heavy atom. The largest absolute Gasteiger partial charge is 0.388 e. The minimum Gasteiger partial charge on any atom is -0.388 e. The van der Waals surface area contributed by atoms with E-state index in [0.29, 0.717) is 12.1 Å². The fourth-order valence-corrected chi connectivity index (χ4v) is 1.88. The maximum Gasteiger partial charge on any atom is 0.319 e. The molecule has 1 aromatic carbocycles. The Morgan fingerprint density at radius 1 is 1.45 bits per heavy atom. The number of rotatable bonds is 5. The summed E-state index contributed by atoms with van der Waals surface area (Å²) in [6, 6.07) is 5.06. The average Bonchev–Trinajstić information content (AvgIpc) is 2.36. The van der Waals surface area contributed by atoms with Gasteiger partial charge in [-0.3, -0.25) is 0 Å². The van der Waals surface area contributed by atoms with Crippen LogP contribution in [0.15, 0.2) is 29.2 Å². The van der Waals surface area contributed by atoms with Crippen LogP contribution < -0.4 is 15.8 Å². The molecule has 0 radical (unpaired) electrons. The van der Waals surface area contributed by atoms with Crippen molar-refractivity contribution in [3.8, 4) is 0 Å². The molecular formula is C12H19N3O4S. The molecule has 7 nitrogen and oxygen atoms in total. The molecular weight excluding hydrogens is 282 g/mol. The Kier molecular flexibility index (Phi) is 5.09. The van der Waals surface area contributed by atoms with Crippen molar-refractivity contribution in [3.05, 3.63) is 24.3 Å². The second-order valence-corrected chi connectivity index (χ2v) is 6.29. The van der Waals surface area contributed by atoms with E-state index in [0.717, 1.165) is 0 Å². The summed E-state index contributed by atoms with van der Waals surface area (Å²) in [7, 11) is -3.81.